The van der Waals surface area contributed by atoms with E-state index < -0.39 is 0 Å². The smallest absolute Gasteiger partial charge is 0.127 e. The van der Waals surface area contributed by atoms with Crippen molar-refractivity contribution in [1.82, 2.24) is 4.90 Å². The summed E-state index contributed by atoms with van der Waals surface area (Å²) in [5, 5.41) is 0. The standard InChI is InChI=1S/C8H12N2OS/c1-10(2)7(8(9)12)6-4-3-5-11-6/h3-5,7H,1-2H3,(H2,9,12). The van der Waals surface area contributed by atoms with Crippen LogP contribution in [0.2, 0.25) is 0 Å². The van der Waals surface area contributed by atoms with Gasteiger partial charge in [0.05, 0.1) is 11.3 Å². The summed E-state index contributed by atoms with van der Waals surface area (Å²) in [6.45, 7) is 0. The van der Waals surface area contributed by atoms with Crippen LogP contribution in [0, 0.1) is 0 Å². The zero-order chi connectivity index (χ0) is 9.14. The Morgan fingerprint density at radius 2 is 2.33 bits per heavy atom. The number of nitrogens with two attached hydrogens (primary N) is 1. The molecule has 0 aromatic carbocycles. The van der Waals surface area contributed by atoms with Gasteiger partial charge in [0.2, 0.25) is 0 Å². The van der Waals surface area contributed by atoms with Gasteiger partial charge in [-0.25, -0.2) is 0 Å². The lowest BCUT2D eigenvalue weighted by Gasteiger charge is -2.20. The summed E-state index contributed by atoms with van der Waals surface area (Å²) in [6, 6.07) is 3.59. The molecule has 1 aromatic heterocycles. The normalized spacial score (nSPS) is 13.2. The fraction of sp³-hybridized carbons (Fsp3) is 0.375. The molecule has 0 spiro atoms. The Morgan fingerprint density at radius 1 is 1.67 bits per heavy atom. The third kappa shape index (κ3) is 1.84. The van der Waals surface area contributed by atoms with Crippen molar-refractivity contribution < 1.29 is 4.42 Å². The predicted octanol–water partition coefficient (Wildman–Crippen LogP) is 1.17. The Bertz CT molecular complexity index is 256. The Kier molecular flexibility index (Phi) is 2.83. The van der Waals surface area contributed by atoms with Crippen molar-refractivity contribution in [2.45, 2.75) is 6.04 Å². The van der Waals surface area contributed by atoms with Crippen LogP contribution in [0.5, 0.6) is 0 Å². The van der Waals surface area contributed by atoms with Crippen LogP contribution in [-0.4, -0.2) is 24.0 Å². The van der Waals surface area contributed by atoms with E-state index in [2.05, 4.69) is 0 Å². The number of rotatable bonds is 3. The molecule has 0 amide bonds. The summed E-state index contributed by atoms with van der Waals surface area (Å²) < 4.78 is 5.21. The molecule has 0 saturated carbocycles. The Labute approximate surface area is 77.1 Å². The van der Waals surface area contributed by atoms with E-state index in [9.17, 15) is 0 Å². The molecule has 1 aromatic rings. The number of thiocarbonyl (C=S) groups is 1. The van der Waals surface area contributed by atoms with Crippen molar-refractivity contribution in [2.75, 3.05) is 14.1 Å². The Hall–Kier alpha value is -0.870. The quantitative estimate of drug-likeness (QED) is 0.716. The maximum absolute atomic E-state index is 5.56. The van der Waals surface area contributed by atoms with Crippen LogP contribution in [-0.2, 0) is 0 Å². The minimum atomic E-state index is -0.102. The number of hydrogen-bond acceptors (Lipinski definition) is 3. The van der Waals surface area contributed by atoms with Gasteiger partial charge in [-0.15, -0.1) is 0 Å². The molecule has 0 aliphatic carbocycles. The van der Waals surface area contributed by atoms with E-state index in [1.807, 2.05) is 31.1 Å². The average Bonchev–Trinajstić information content (AvgIpc) is 2.37. The molecule has 3 nitrogen and oxygen atoms in total. The first-order chi connectivity index (χ1) is 5.63. The zero-order valence-corrected chi connectivity index (χ0v) is 7.97. The maximum Gasteiger partial charge on any atom is 0.127 e. The van der Waals surface area contributed by atoms with E-state index in [-0.39, 0.29) is 6.04 Å². The number of likely N-dealkylation sites (N-methyl/N-ethyl adjacent to an activating group) is 1. The van der Waals surface area contributed by atoms with E-state index in [0.29, 0.717) is 4.99 Å². The minimum Gasteiger partial charge on any atom is -0.467 e. The van der Waals surface area contributed by atoms with Crippen LogP contribution in [0.3, 0.4) is 0 Å². The zero-order valence-electron chi connectivity index (χ0n) is 7.15. The van der Waals surface area contributed by atoms with Gasteiger partial charge in [-0.2, -0.15) is 0 Å². The van der Waals surface area contributed by atoms with Crippen LogP contribution in [0.25, 0.3) is 0 Å². The minimum absolute atomic E-state index is 0.102. The van der Waals surface area contributed by atoms with E-state index in [4.69, 9.17) is 22.4 Å². The van der Waals surface area contributed by atoms with Crippen LogP contribution < -0.4 is 5.73 Å². The molecule has 0 aliphatic rings. The Morgan fingerprint density at radius 3 is 2.67 bits per heavy atom. The highest BCUT2D eigenvalue weighted by molar-refractivity contribution is 7.80. The first-order valence-corrected chi connectivity index (χ1v) is 4.03. The second-order valence-corrected chi connectivity index (χ2v) is 3.26. The molecule has 0 saturated heterocycles. The fourth-order valence-corrected chi connectivity index (χ4v) is 1.42. The van der Waals surface area contributed by atoms with Gasteiger partial charge in [0.1, 0.15) is 11.8 Å². The number of furan rings is 1. The van der Waals surface area contributed by atoms with E-state index in [1.54, 1.807) is 6.26 Å². The molecule has 0 fully saturated rings. The topological polar surface area (TPSA) is 42.4 Å². The van der Waals surface area contributed by atoms with Crippen molar-refractivity contribution in [2.24, 2.45) is 5.73 Å². The molecular weight excluding hydrogens is 172 g/mol. The highest BCUT2D eigenvalue weighted by Crippen LogP contribution is 2.18. The summed E-state index contributed by atoms with van der Waals surface area (Å²) in [4.78, 5) is 2.34. The second-order valence-electron chi connectivity index (χ2n) is 2.78. The van der Waals surface area contributed by atoms with Crippen molar-refractivity contribution >= 4 is 17.2 Å². The SMILES string of the molecule is CN(C)C(C(N)=S)c1ccco1. The number of nitrogens with zero attached hydrogens (tertiary/aromatic N) is 1. The lowest BCUT2D eigenvalue weighted by atomic mass is 10.2. The molecule has 1 rings (SSSR count). The van der Waals surface area contributed by atoms with E-state index in [1.165, 1.54) is 0 Å². The van der Waals surface area contributed by atoms with E-state index >= 15 is 0 Å². The molecule has 12 heavy (non-hydrogen) atoms. The van der Waals surface area contributed by atoms with Crippen molar-refractivity contribution in [3.63, 3.8) is 0 Å². The molecule has 1 atom stereocenters. The van der Waals surface area contributed by atoms with Gasteiger partial charge in [0.25, 0.3) is 0 Å². The lowest BCUT2D eigenvalue weighted by molar-refractivity contribution is 0.322. The molecule has 0 aliphatic heterocycles. The van der Waals surface area contributed by atoms with E-state index in [0.717, 1.165) is 5.76 Å². The Balaban J connectivity index is 2.88. The highest BCUT2D eigenvalue weighted by atomic mass is 32.1. The molecule has 1 unspecified atom stereocenters. The third-order valence-corrected chi connectivity index (χ3v) is 1.82. The van der Waals surface area contributed by atoms with Crippen LogP contribution in [0.4, 0.5) is 0 Å². The first-order valence-electron chi connectivity index (χ1n) is 3.62. The summed E-state index contributed by atoms with van der Waals surface area (Å²) in [6.07, 6.45) is 1.62. The van der Waals surface area contributed by atoms with Crippen LogP contribution >= 0.6 is 12.2 Å². The molecule has 4 heteroatoms. The first kappa shape index (κ1) is 9.22. The summed E-state index contributed by atoms with van der Waals surface area (Å²) >= 11 is 4.92. The monoisotopic (exact) mass is 184 g/mol. The summed E-state index contributed by atoms with van der Waals surface area (Å²) in [5.74, 6) is 0.785. The summed E-state index contributed by atoms with van der Waals surface area (Å²) in [5.41, 5.74) is 5.56. The second kappa shape index (κ2) is 3.69. The van der Waals surface area contributed by atoms with Crippen molar-refractivity contribution in [3.05, 3.63) is 24.2 Å². The fourth-order valence-electron chi connectivity index (χ4n) is 1.10. The average molecular weight is 184 g/mol. The van der Waals surface area contributed by atoms with Crippen LogP contribution in [0.1, 0.15) is 11.8 Å². The van der Waals surface area contributed by atoms with Gasteiger partial charge in [-0.05, 0) is 26.2 Å². The van der Waals surface area contributed by atoms with Crippen LogP contribution in [0.15, 0.2) is 22.8 Å². The molecule has 66 valence electrons. The van der Waals surface area contributed by atoms with Gasteiger partial charge < -0.3 is 10.2 Å². The highest BCUT2D eigenvalue weighted by Gasteiger charge is 2.19. The molecule has 1 heterocycles. The predicted molar refractivity (Wildman–Crippen MR) is 51.9 cm³/mol. The van der Waals surface area contributed by atoms with Crippen molar-refractivity contribution in [3.8, 4) is 0 Å². The summed E-state index contributed by atoms with van der Waals surface area (Å²) in [7, 11) is 3.82. The van der Waals surface area contributed by atoms with Gasteiger partial charge in [-0.1, -0.05) is 12.2 Å². The van der Waals surface area contributed by atoms with Gasteiger partial charge >= 0.3 is 0 Å². The molecular formula is C8H12N2OS. The maximum atomic E-state index is 5.56. The molecule has 2 N–H and O–H groups in total. The largest absolute Gasteiger partial charge is 0.467 e. The van der Waals surface area contributed by atoms with Crippen molar-refractivity contribution in [1.29, 1.82) is 0 Å². The lowest BCUT2D eigenvalue weighted by Crippen LogP contribution is -2.31. The molecule has 0 bridgehead atoms. The third-order valence-electron chi connectivity index (χ3n) is 1.60. The van der Waals surface area contributed by atoms with Gasteiger partial charge in [0, 0.05) is 0 Å². The van der Waals surface area contributed by atoms with Gasteiger partial charge in [-0.3, -0.25) is 4.90 Å². The molecule has 0 radical (unpaired) electrons. The number of hydrogen-bond donors (Lipinski definition) is 1. The van der Waals surface area contributed by atoms with Gasteiger partial charge in [0.15, 0.2) is 0 Å².